The zero-order chi connectivity index (χ0) is 22.4. The lowest BCUT2D eigenvalue weighted by Gasteiger charge is -2.25. The highest BCUT2D eigenvalue weighted by Gasteiger charge is 2.25. The Morgan fingerprint density at radius 3 is 1.39 bits per heavy atom. The van der Waals surface area contributed by atoms with Crippen LogP contribution in [0.5, 0.6) is 0 Å². The lowest BCUT2D eigenvalue weighted by Crippen LogP contribution is -2.18. The zero-order valence-electron chi connectivity index (χ0n) is 18.4. The molecule has 0 spiro atoms. The zero-order valence-corrected chi connectivity index (χ0v) is 18.4. The molecule has 160 valence electrons. The highest BCUT2D eigenvalue weighted by atomic mass is 16.4. The van der Waals surface area contributed by atoms with E-state index in [2.05, 4.69) is 48.1 Å². The van der Waals surface area contributed by atoms with E-state index in [1.54, 1.807) is 0 Å². The van der Waals surface area contributed by atoms with Gasteiger partial charge in [0.2, 0.25) is 11.8 Å². The molecular formula is C29H22N2O2. The Balaban J connectivity index is 1.38. The van der Waals surface area contributed by atoms with Crippen molar-refractivity contribution in [3.8, 4) is 22.9 Å². The SMILES string of the molecule is CC(C)(c1ccc2nc(-c3ccccc3)oc2c1)c1ccc2nc(-c3ccccc3)oc2c1. The van der Waals surface area contributed by atoms with Crippen molar-refractivity contribution in [3.05, 3.63) is 108 Å². The minimum atomic E-state index is -0.262. The number of rotatable bonds is 4. The van der Waals surface area contributed by atoms with Crippen molar-refractivity contribution in [2.45, 2.75) is 19.3 Å². The fraction of sp³-hybridized carbons (Fsp3) is 0.103. The summed E-state index contributed by atoms with van der Waals surface area (Å²) in [5.41, 5.74) is 7.25. The quantitative estimate of drug-likeness (QED) is 0.288. The Labute approximate surface area is 191 Å². The van der Waals surface area contributed by atoms with Gasteiger partial charge in [-0.25, -0.2) is 9.97 Å². The maximum absolute atomic E-state index is 6.11. The molecule has 0 saturated heterocycles. The van der Waals surface area contributed by atoms with Crippen LogP contribution in [0, 0.1) is 0 Å². The normalized spacial score (nSPS) is 11.9. The van der Waals surface area contributed by atoms with Crippen LogP contribution in [0.15, 0.2) is 106 Å². The number of aromatic nitrogens is 2. The summed E-state index contributed by atoms with van der Waals surface area (Å²) in [5, 5.41) is 0. The van der Waals surface area contributed by atoms with Gasteiger partial charge in [0.15, 0.2) is 11.2 Å². The van der Waals surface area contributed by atoms with Gasteiger partial charge in [-0.05, 0) is 59.7 Å². The molecule has 0 atom stereocenters. The molecular weight excluding hydrogens is 408 g/mol. The lowest BCUT2D eigenvalue weighted by molar-refractivity contribution is 0.606. The molecule has 0 unspecified atom stereocenters. The molecule has 2 aromatic heterocycles. The first kappa shape index (κ1) is 19.5. The van der Waals surface area contributed by atoms with E-state index >= 15 is 0 Å². The van der Waals surface area contributed by atoms with Crippen molar-refractivity contribution in [2.75, 3.05) is 0 Å². The topological polar surface area (TPSA) is 52.1 Å². The summed E-state index contributed by atoms with van der Waals surface area (Å²) in [5.74, 6) is 1.27. The van der Waals surface area contributed by atoms with E-state index in [1.165, 1.54) is 0 Å². The van der Waals surface area contributed by atoms with E-state index in [-0.39, 0.29) is 5.41 Å². The largest absolute Gasteiger partial charge is 0.436 e. The molecule has 2 heterocycles. The molecule has 0 aliphatic heterocycles. The highest BCUT2D eigenvalue weighted by molar-refractivity contribution is 5.79. The number of fused-ring (bicyclic) bond motifs is 2. The molecule has 0 N–H and O–H groups in total. The molecule has 4 aromatic carbocycles. The van der Waals surface area contributed by atoms with Gasteiger partial charge in [-0.3, -0.25) is 0 Å². The first-order valence-corrected chi connectivity index (χ1v) is 11.0. The molecule has 0 saturated carbocycles. The van der Waals surface area contributed by atoms with Gasteiger partial charge in [0.05, 0.1) is 0 Å². The average molecular weight is 431 g/mol. The summed E-state index contributed by atoms with van der Waals surface area (Å²) in [7, 11) is 0. The maximum atomic E-state index is 6.11. The van der Waals surface area contributed by atoms with Crippen molar-refractivity contribution in [1.82, 2.24) is 9.97 Å². The lowest BCUT2D eigenvalue weighted by atomic mass is 9.78. The van der Waals surface area contributed by atoms with Crippen LogP contribution in [-0.4, -0.2) is 9.97 Å². The Bertz CT molecular complexity index is 1460. The van der Waals surface area contributed by atoms with Gasteiger partial charge in [-0.1, -0.05) is 62.4 Å². The van der Waals surface area contributed by atoms with Crippen LogP contribution in [0.2, 0.25) is 0 Å². The smallest absolute Gasteiger partial charge is 0.227 e. The Morgan fingerprint density at radius 1 is 0.545 bits per heavy atom. The molecule has 0 fully saturated rings. The third-order valence-corrected chi connectivity index (χ3v) is 6.26. The summed E-state index contributed by atoms with van der Waals surface area (Å²) in [4.78, 5) is 9.32. The number of oxazole rings is 2. The summed E-state index contributed by atoms with van der Waals surface area (Å²) >= 11 is 0. The Morgan fingerprint density at radius 2 is 0.970 bits per heavy atom. The average Bonchev–Trinajstić information content (AvgIpc) is 3.48. The molecule has 0 bridgehead atoms. The molecule has 0 radical (unpaired) electrons. The third kappa shape index (κ3) is 3.40. The number of nitrogens with zero attached hydrogens (tertiary/aromatic N) is 2. The first-order chi connectivity index (χ1) is 16.1. The van der Waals surface area contributed by atoms with Crippen molar-refractivity contribution in [3.63, 3.8) is 0 Å². The van der Waals surface area contributed by atoms with E-state index in [4.69, 9.17) is 8.83 Å². The van der Waals surface area contributed by atoms with Gasteiger partial charge in [0.1, 0.15) is 11.0 Å². The standard InChI is InChI=1S/C29H22N2O2/c1-29(2,21-13-15-23-25(17-21)32-27(30-23)19-9-5-3-6-10-19)22-14-16-24-26(18-22)33-28(31-24)20-11-7-4-8-12-20/h3-18H,1-2H3. The molecule has 4 nitrogen and oxygen atoms in total. The second kappa shape index (κ2) is 7.45. The van der Waals surface area contributed by atoms with Crippen LogP contribution in [-0.2, 0) is 5.41 Å². The van der Waals surface area contributed by atoms with Crippen LogP contribution in [0.1, 0.15) is 25.0 Å². The van der Waals surface area contributed by atoms with Gasteiger partial charge >= 0.3 is 0 Å². The predicted octanol–water partition coefficient (Wildman–Crippen LogP) is 7.63. The summed E-state index contributed by atoms with van der Waals surface area (Å²) in [6, 6.07) is 32.4. The summed E-state index contributed by atoms with van der Waals surface area (Å²) in [6.07, 6.45) is 0. The van der Waals surface area contributed by atoms with Crippen LogP contribution >= 0.6 is 0 Å². The van der Waals surface area contributed by atoms with Crippen LogP contribution in [0.3, 0.4) is 0 Å². The van der Waals surface area contributed by atoms with Crippen molar-refractivity contribution < 1.29 is 8.83 Å². The van der Waals surface area contributed by atoms with E-state index in [0.717, 1.165) is 44.5 Å². The van der Waals surface area contributed by atoms with Gasteiger partial charge in [0.25, 0.3) is 0 Å². The summed E-state index contributed by atoms with van der Waals surface area (Å²) < 4.78 is 12.2. The van der Waals surface area contributed by atoms with E-state index in [1.807, 2.05) is 72.8 Å². The molecule has 6 aromatic rings. The van der Waals surface area contributed by atoms with Crippen molar-refractivity contribution in [2.24, 2.45) is 0 Å². The predicted molar refractivity (Wildman–Crippen MR) is 131 cm³/mol. The third-order valence-electron chi connectivity index (χ3n) is 6.26. The van der Waals surface area contributed by atoms with Gasteiger partial charge < -0.3 is 8.83 Å². The number of hydrogen-bond acceptors (Lipinski definition) is 4. The van der Waals surface area contributed by atoms with Crippen LogP contribution in [0.25, 0.3) is 45.1 Å². The molecule has 0 aliphatic carbocycles. The van der Waals surface area contributed by atoms with E-state index < -0.39 is 0 Å². The highest BCUT2D eigenvalue weighted by Crippen LogP contribution is 2.36. The monoisotopic (exact) mass is 430 g/mol. The second-order valence-corrected chi connectivity index (χ2v) is 8.76. The van der Waals surface area contributed by atoms with Crippen molar-refractivity contribution in [1.29, 1.82) is 0 Å². The van der Waals surface area contributed by atoms with Crippen molar-refractivity contribution >= 4 is 22.2 Å². The molecule has 0 amide bonds. The number of benzene rings is 4. The fourth-order valence-corrected chi connectivity index (χ4v) is 4.20. The minimum Gasteiger partial charge on any atom is -0.436 e. The van der Waals surface area contributed by atoms with E-state index in [0.29, 0.717) is 11.8 Å². The molecule has 0 aliphatic rings. The van der Waals surface area contributed by atoms with Gasteiger partial charge in [-0.15, -0.1) is 0 Å². The van der Waals surface area contributed by atoms with Crippen LogP contribution in [0.4, 0.5) is 0 Å². The molecule has 4 heteroatoms. The van der Waals surface area contributed by atoms with Gasteiger partial charge in [0, 0.05) is 16.5 Å². The van der Waals surface area contributed by atoms with Gasteiger partial charge in [-0.2, -0.15) is 0 Å². The maximum Gasteiger partial charge on any atom is 0.227 e. The van der Waals surface area contributed by atoms with Crippen LogP contribution < -0.4 is 0 Å². The first-order valence-electron chi connectivity index (χ1n) is 11.0. The number of hydrogen-bond donors (Lipinski definition) is 0. The minimum absolute atomic E-state index is 0.262. The molecule has 33 heavy (non-hydrogen) atoms. The Hall–Kier alpha value is -4.18. The summed E-state index contributed by atoms with van der Waals surface area (Å²) in [6.45, 7) is 4.41. The Kier molecular flexibility index (Phi) is 4.40. The molecule has 6 rings (SSSR count). The fourth-order valence-electron chi connectivity index (χ4n) is 4.20. The second-order valence-electron chi connectivity index (χ2n) is 8.76. The van der Waals surface area contributed by atoms with E-state index in [9.17, 15) is 0 Å².